The first-order valence-corrected chi connectivity index (χ1v) is 9.28. The number of rotatable bonds is 5. The second-order valence-corrected chi connectivity index (χ2v) is 6.92. The second-order valence-electron chi connectivity index (χ2n) is 6.06. The fraction of sp³-hybridized carbons (Fsp3) is 0.263. The van der Waals surface area contributed by atoms with E-state index in [4.69, 9.17) is 4.42 Å². The standard InChI is InChI=1S/C19H19N3O2S/c23-18(21-19-20-15(13-25-19)16-9-6-12-24-16)17(22-10-4-5-11-22)14-7-2-1-3-8-14/h1-3,6-9,12-13,17H,4-5,10-11H2,(H,20,21,23). The van der Waals surface area contributed by atoms with E-state index in [9.17, 15) is 4.79 Å². The van der Waals surface area contributed by atoms with Crippen LogP contribution in [0.2, 0.25) is 0 Å². The topological polar surface area (TPSA) is 58.4 Å². The summed E-state index contributed by atoms with van der Waals surface area (Å²) >= 11 is 1.41. The molecule has 5 nitrogen and oxygen atoms in total. The molecule has 0 spiro atoms. The van der Waals surface area contributed by atoms with E-state index < -0.39 is 0 Å². The maximum Gasteiger partial charge on any atom is 0.248 e. The minimum Gasteiger partial charge on any atom is -0.463 e. The molecule has 6 heteroatoms. The number of carbonyl (C=O) groups is 1. The van der Waals surface area contributed by atoms with Crippen LogP contribution in [0.1, 0.15) is 24.4 Å². The zero-order chi connectivity index (χ0) is 17.1. The molecule has 0 saturated carbocycles. The maximum absolute atomic E-state index is 13.0. The van der Waals surface area contributed by atoms with Gasteiger partial charge in [0, 0.05) is 5.38 Å². The monoisotopic (exact) mass is 353 g/mol. The van der Waals surface area contributed by atoms with Crippen molar-refractivity contribution in [1.29, 1.82) is 0 Å². The van der Waals surface area contributed by atoms with Crippen molar-refractivity contribution in [2.75, 3.05) is 18.4 Å². The molecular weight excluding hydrogens is 334 g/mol. The first-order valence-electron chi connectivity index (χ1n) is 8.40. The van der Waals surface area contributed by atoms with Gasteiger partial charge in [-0.1, -0.05) is 30.3 Å². The Bertz CT molecular complexity index is 823. The lowest BCUT2D eigenvalue weighted by Gasteiger charge is -2.26. The molecule has 1 aliphatic rings. The SMILES string of the molecule is O=C(Nc1nc(-c2ccco2)cs1)C(c1ccccc1)N1CCCC1. The average Bonchev–Trinajstić information content (AvgIpc) is 3.38. The zero-order valence-electron chi connectivity index (χ0n) is 13.7. The molecule has 1 saturated heterocycles. The van der Waals surface area contributed by atoms with Gasteiger partial charge in [-0.2, -0.15) is 0 Å². The highest BCUT2D eigenvalue weighted by Gasteiger charge is 2.30. The normalized spacial score (nSPS) is 16.0. The number of aromatic nitrogens is 1. The lowest BCUT2D eigenvalue weighted by atomic mass is 10.1. The van der Waals surface area contributed by atoms with E-state index in [1.54, 1.807) is 6.26 Å². The Balaban J connectivity index is 1.54. The molecule has 3 aromatic rings. The van der Waals surface area contributed by atoms with Crippen LogP contribution in [0.3, 0.4) is 0 Å². The van der Waals surface area contributed by atoms with Crippen LogP contribution in [-0.4, -0.2) is 28.9 Å². The Morgan fingerprint density at radius 1 is 1.16 bits per heavy atom. The summed E-state index contributed by atoms with van der Waals surface area (Å²) in [5.41, 5.74) is 1.76. The van der Waals surface area contributed by atoms with Gasteiger partial charge >= 0.3 is 0 Å². The molecule has 1 unspecified atom stereocenters. The van der Waals surface area contributed by atoms with Crippen molar-refractivity contribution in [3.63, 3.8) is 0 Å². The number of benzene rings is 1. The molecule has 4 rings (SSSR count). The van der Waals surface area contributed by atoms with E-state index in [1.165, 1.54) is 11.3 Å². The molecule has 1 atom stereocenters. The molecule has 1 aromatic carbocycles. The van der Waals surface area contributed by atoms with E-state index in [2.05, 4.69) is 15.2 Å². The number of carbonyl (C=O) groups excluding carboxylic acids is 1. The molecule has 0 aliphatic carbocycles. The average molecular weight is 353 g/mol. The van der Waals surface area contributed by atoms with E-state index in [0.717, 1.165) is 37.2 Å². The van der Waals surface area contributed by atoms with Crippen LogP contribution in [0.5, 0.6) is 0 Å². The van der Waals surface area contributed by atoms with E-state index in [1.807, 2.05) is 47.8 Å². The molecular formula is C19H19N3O2S. The highest BCUT2D eigenvalue weighted by Crippen LogP contribution is 2.29. The largest absolute Gasteiger partial charge is 0.463 e. The Hall–Kier alpha value is -2.44. The highest BCUT2D eigenvalue weighted by molar-refractivity contribution is 7.14. The number of nitrogens with one attached hydrogen (secondary N) is 1. The Morgan fingerprint density at radius 3 is 2.68 bits per heavy atom. The minimum atomic E-state index is -0.278. The summed E-state index contributed by atoms with van der Waals surface area (Å²) in [5, 5.41) is 5.47. The van der Waals surface area contributed by atoms with Crippen molar-refractivity contribution in [2.45, 2.75) is 18.9 Å². The first kappa shape index (κ1) is 16.1. The van der Waals surface area contributed by atoms with E-state index in [0.29, 0.717) is 10.9 Å². The predicted molar refractivity (Wildman–Crippen MR) is 98.4 cm³/mol. The van der Waals surface area contributed by atoms with Gasteiger partial charge in [-0.05, 0) is 43.6 Å². The third-order valence-corrected chi connectivity index (χ3v) is 5.14. The molecule has 1 fully saturated rings. The summed E-state index contributed by atoms with van der Waals surface area (Å²) in [6, 6.07) is 13.4. The number of furan rings is 1. The number of hydrogen-bond acceptors (Lipinski definition) is 5. The number of likely N-dealkylation sites (tertiary alicyclic amines) is 1. The van der Waals surface area contributed by atoms with Crippen LogP contribution < -0.4 is 5.32 Å². The summed E-state index contributed by atoms with van der Waals surface area (Å²) in [7, 11) is 0. The summed E-state index contributed by atoms with van der Waals surface area (Å²) in [6.45, 7) is 1.89. The van der Waals surface area contributed by atoms with Crippen LogP contribution >= 0.6 is 11.3 Å². The van der Waals surface area contributed by atoms with Gasteiger partial charge in [-0.25, -0.2) is 4.98 Å². The van der Waals surface area contributed by atoms with E-state index >= 15 is 0 Å². The van der Waals surface area contributed by atoms with Crippen molar-refractivity contribution in [3.05, 3.63) is 59.7 Å². The van der Waals surface area contributed by atoms with Crippen LogP contribution in [0.25, 0.3) is 11.5 Å². The van der Waals surface area contributed by atoms with Crippen LogP contribution in [-0.2, 0) is 4.79 Å². The van der Waals surface area contributed by atoms with Gasteiger partial charge in [0.2, 0.25) is 5.91 Å². The van der Waals surface area contributed by atoms with Crippen LogP contribution in [0.15, 0.2) is 58.5 Å². The Kier molecular flexibility index (Phi) is 4.63. The fourth-order valence-electron chi connectivity index (χ4n) is 3.21. The van der Waals surface area contributed by atoms with Crippen LogP contribution in [0, 0.1) is 0 Å². The number of anilines is 1. The molecule has 0 bridgehead atoms. The molecule has 1 N–H and O–H groups in total. The summed E-state index contributed by atoms with van der Waals surface area (Å²) in [5.74, 6) is 0.671. The third kappa shape index (κ3) is 3.50. The number of amides is 1. The van der Waals surface area contributed by atoms with Gasteiger partial charge in [0.1, 0.15) is 11.7 Å². The Morgan fingerprint density at radius 2 is 1.96 bits per heavy atom. The lowest BCUT2D eigenvalue weighted by Crippen LogP contribution is -2.35. The molecule has 2 aromatic heterocycles. The smallest absolute Gasteiger partial charge is 0.248 e. The summed E-state index contributed by atoms with van der Waals surface area (Å²) < 4.78 is 5.36. The molecule has 3 heterocycles. The zero-order valence-corrected chi connectivity index (χ0v) is 14.5. The van der Waals surface area contributed by atoms with Crippen molar-refractivity contribution in [1.82, 2.24) is 9.88 Å². The second kappa shape index (κ2) is 7.21. The third-order valence-electron chi connectivity index (χ3n) is 4.38. The predicted octanol–water partition coefficient (Wildman–Crippen LogP) is 4.18. The lowest BCUT2D eigenvalue weighted by molar-refractivity contribution is -0.121. The molecule has 1 aliphatic heterocycles. The summed E-state index contributed by atoms with van der Waals surface area (Å²) in [6.07, 6.45) is 3.89. The molecule has 128 valence electrons. The summed E-state index contributed by atoms with van der Waals surface area (Å²) in [4.78, 5) is 19.7. The molecule has 25 heavy (non-hydrogen) atoms. The van der Waals surface area contributed by atoms with Gasteiger partial charge in [-0.15, -0.1) is 11.3 Å². The number of hydrogen-bond donors (Lipinski definition) is 1. The number of thiazole rings is 1. The first-order chi connectivity index (χ1) is 12.3. The molecule has 0 radical (unpaired) electrons. The molecule has 1 amide bonds. The van der Waals surface area contributed by atoms with Gasteiger partial charge in [-0.3, -0.25) is 9.69 Å². The van der Waals surface area contributed by atoms with Crippen molar-refractivity contribution in [2.24, 2.45) is 0 Å². The van der Waals surface area contributed by atoms with Crippen molar-refractivity contribution < 1.29 is 9.21 Å². The fourth-order valence-corrected chi connectivity index (χ4v) is 3.91. The van der Waals surface area contributed by atoms with Crippen molar-refractivity contribution >= 4 is 22.4 Å². The van der Waals surface area contributed by atoms with Gasteiger partial charge in [0.15, 0.2) is 10.9 Å². The highest BCUT2D eigenvalue weighted by atomic mass is 32.1. The van der Waals surface area contributed by atoms with E-state index in [-0.39, 0.29) is 11.9 Å². The van der Waals surface area contributed by atoms with Crippen LogP contribution in [0.4, 0.5) is 5.13 Å². The van der Waals surface area contributed by atoms with Gasteiger partial charge in [0.05, 0.1) is 6.26 Å². The van der Waals surface area contributed by atoms with Crippen molar-refractivity contribution in [3.8, 4) is 11.5 Å². The van der Waals surface area contributed by atoms with Gasteiger partial charge < -0.3 is 9.73 Å². The quantitative estimate of drug-likeness (QED) is 0.748. The minimum absolute atomic E-state index is 0.0338. The maximum atomic E-state index is 13.0. The van der Waals surface area contributed by atoms with Gasteiger partial charge in [0.25, 0.3) is 0 Å². The Labute approximate surface area is 150 Å². The number of nitrogens with zero attached hydrogens (tertiary/aromatic N) is 2.